The molecule has 0 saturated carbocycles. The van der Waals surface area contributed by atoms with Gasteiger partial charge in [-0.25, -0.2) is 0 Å². The zero-order chi connectivity index (χ0) is 10.5. The molecule has 0 aromatic heterocycles. The van der Waals surface area contributed by atoms with Crippen LogP contribution in [0.5, 0.6) is 0 Å². The summed E-state index contributed by atoms with van der Waals surface area (Å²) in [6, 6.07) is 0. The van der Waals surface area contributed by atoms with Gasteiger partial charge in [-0.15, -0.1) is 0 Å². The molecule has 0 heterocycles. The van der Waals surface area contributed by atoms with Crippen molar-refractivity contribution in [1.82, 2.24) is 0 Å². The van der Waals surface area contributed by atoms with Crippen molar-refractivity contribution >= 4 is 9.04 Å². The highest BCUT2D eigenvalue weighted by molar-refractivity contribution is 6.48. The number of aliphatic hydroxyl groups is 1. The Bertz CT molecular complexity index is 129. The molecule has 79 valence electrons. The average Bonchev–Trinajstić information content (AvgIpc) is 1.81. The molecule has 1 unspecified atom stereocenters. The number of hydrogen-bond donors (Lipinski definition) is 1. The van der Waals surface area contributed by atoms with Crippen LogP contribution in [-0.2, 0) is 4.43 Å². The summed E-state index contributed by atoms with van der Waals surface area (Å²) in [5.74, 6) is 0. The third kappa shape index (κ3) is 10.1. The van der Waals surface area contributed by atoms with Gasteiger partial charge in [0.05, 0.1) is 0 Å². The molecule has 0 bridgehead atoms. The van der Waals surface area contributed by atoms with Crippen molar-refractivity contribution in [2.45, 2.75) is 59.4 Å². The minimum atomic E-state index is -0.749. The van der Waals surface area contributed by atoms with Crippen LogP contribution in [0, 0.1) is 5.41 Å². The van der Waals surface area contributed by atoms with Gasteiger partial charge in [0, 0.05) is 0 Å². The zero-order valence-corrected chi connectivity index (χ0v) is 10.6. The third-order valence-corrected chi connectivity index (χ3v) is 2.49. The molecule has 2 nitrogen and oxygen atoms in total. The van der Waals surface area contributed by atoms with Crippen LogP contribution in [0.4, 0.5) is 0 Å². The van der Waals surface area contributed by atoms with E-state index in [9.17, 15) is 5.11 Å². The monoisotopic (exact) mass is 203 g/mol. The first-order valence-corrected chi connectivity index (χ1v) is 7.37. The van der Waals surface area contributed by atoms with E-state index in [1.807, 2.05) is 13.1 Å². The van der Waals surface area contributed by atoms with Crippen molar-refractivity contribution in [2.24, 2.45) is 5.41 Å². The van der Waals surface area contributed by atoms with E-state index in [4.69, 9.17) is 4.43 Å². The summed E-state index contributed by atoms with van der Waals surface area (Å²) in [5, 5.41) is 9.42. The average molecular weight is 203 g/mol. The topological polar surface area (TPSA) is 29.5 Å². The van der Waals surface area contributed by atoms with Gasteiger partial charge in [-0.2, -0.15) is 0 Å². The van der Waals surface area contributed by atoms with Crippen LogP contribution in [0.15, 0.2) is 0 Å². The molecule has 3 heteroatoms. The second-order valence-electron chi connectivity index (χ2n) is 4.93. The Labute approximate surface area is 84.0 Å². The van der Waals surface area contributed by atoms with Gasteiger partial charge in [0.15, 0.2) is 0 Å². The molecule has 0 aromatic rings. The summed E-state index contributed by atoms with van der Waals surface area (Å²) in [4.78, 5) is 0. The van der Waals surface area contributed by atoms with Gasteiger partial charge in [0.2, 0.25) is 9.04 Å². The predicted octanol–water partition coefficient (Wildman–Crippen LogP) is 2.79. The molecule has 0 saturated heterocycles. The maximum absolute atomic E-state index is 9.42. The summed E-state index contributed by atoms with van der Waals surface area (Å²) in [6.45, 7) is 10.7. The van der Waals surface area contributed by atoms with Crippen LogP contribution >= 0.6 is 0 Å². The highest BCUT2D eigenvalue weighted by atomic mass is 28.3. The Morgan fingerprint density at radius 2 is 1.85 bits per heavy atom. The molecule has 0 aliphatic rings. The quantitative estimate of drug-likeness (QED) is 0.550. The van der Waals surface area contributed by atoms with Crippen LogP contribution in [0.1, 0.15) is 40.0 Å². The summed E-state index contributed by atoms with van der Waals surface area (Å²) in [7, 11) is -0.749. The Morgan fingerprint density at radius 3 is 2.23 bits per heavy atom. The summed E-state index contributed by atoms with van der Waals surface area (Å²) >= 11 is 0. The van der Waals surface area contributed by atoms with E-state index in [-0.39, 0.29) is 0 Å². The molecule has 0 spiro atoms. The third-order valence-electron chi connectivity index (χ3n) is 1.75. The molecule has 0 aliphatic heterocycles. The molecule has 0 fully saturated rings. The Kier molecular flexibility index (Phi) is 5.84. The maximum atomic E-state index is 9.42. The predicted molar refractivity (Wildman–Crippen MR) is 57.9 cm³/mol. The molecule has 1 N–H and O–H groups in total. The van der Waals surface area contributed by atoms with Gasteiger partial charge in [-0.05, 0) is 37.8 Å². The van der Waals surface area contributed by atoms with Crippen LogP contribution in [-0.4, -0.2) is 20.4 Å². The van der Waals surface area contributed by atoms with E-state index < -0.39 is 15.3 Å². The van der Waals surface area contributed by atoms with Crippen LogP contribution < -0.4 is 0 Å². The van der Waals surface area contributed by atoms with Gasteiger partial charge >= 0.3 is 0 Å². The fourth-order valence-corrected chi connectivity index (χ4v) is 1.80. The first kappa shape index (κ1) is 13.1. The smallest absolute Gasteiger partial charge is 0.208 e. The number of rotatable bonds is 5. The van der Waals surface area contributed by atoms with Gasteiger partial charge in [-0.1, -0.05) is 20.8 Å². The summed E-state index contributed by atoms with van der Waals surface area (Å²) in [5.41, 5.74) is 0.367. The van der Waals surface area contributed by atoms with E-state index in [2.05, 4.69) is 20.8 Å². The van der Waals surface area contributed by atoms with Crippen molar-refractivity contribution in [1.29, 1.82) is 0 Å². The first-order chi connectivity index (χ1) is 5.81. The summed E-state index contributed by atoms with van der Waals surface area (Å²) in [6.07, 6.45) is 2.42. The van der Waals surface area contributed by atoms with Crippen molar-refractivity contribution < 1.29 is 9.53 Å². The largest absolute Gasteiger partial charge is 0.393 e. The number of hydrogen-bond acceptors (Lipinski definition) is 2. The molecule has 0 amide bonds. The molecule has 1 atom stereocenters. The van der Waals surface area contributed by atoms with Crippen molar-refractivity contribution in [2.75, 3.05) is 0 Å². The van der Waals surface area contributed by atoms with Crippen LogP contribution in [0.2, 0.25) is 13.1 Å². The lowest BCUT2D eigenvalue weighted by Crippen LogP contribution is -2.20. The van der Waals surface area contributed by atoms with Gasteiger partial charge in [0.25, 0.3) is 0 Å². The fourth-order valence-electron chi connectivity index (χ4n) is 1.14. The second kappa shape index (κ2) is 5.78. The molecule has 1 radical (unpaired) electrons. The van der Waals surface area contributed by atoms with Crippen molar-refractivity contribution in [3.63, 3.8) is 0 Å². The van der Waals surface area contributed by atoms with E-state index in [0.717, 1.165) is 19.3 Å². The maximum Gasteiger partial charge on any atom is 0.208 e. The van der Waals surface area contributed by atoms with Crippen molar-refractivity contribution in [3.8, 4) is 0 Å². The Balaban J connectivity index is 3.42. The summed E-state index contributed by atoms with van der Waals surface area (Å²) < 4.78 is 5.32. The van der Waals surface area contributed by atoms with E-state index >= 15 is 0 Å². The Morgan fingerprint density at radius 1 is 1.31 bits per heavy atom. The van der Waals surface area contributed by atoms with Gasteiger partial charge < -0.3 is 9.53 Å². The molecule has 0 aromatic carbocycles. The zero-order valence-electron chi connectivity index (χ0n) is 9.55. The molecule has 0 aliphatic carbocycles. The lowest BCUT2D eigenvalue weighted by Gasteiger charge is -2.19. The molecular formula is C10H23O2Si. The number of aliphatic hydroxyl groups excluding tert-OH is 1. The lowest BCUT2D eigenvalue weighted by molar-refractivity contribution is -0.0275. The first-order valence-electron chi connectivity index (χ1n) is 4.96. The molecule has 0 rings (SSSR count). The van der Waals surface area contributed by atoms with Gasteiger partial charge in [-0.3, -0.25) is 0 Å². The highest BCUT2D eigenvalue weighted by Gasteiger charge is 2.12. The van der Waals surface area contributed by atoms with Crippen molar-refractivity contribution in [3.05, 3.63) is 0 Å². The minimum absolute atomic E-state index is 0.367. The Hall–Kier alpha value is 0.137. The van der Waals surface area contributed by atoms with Crippen LogP contribution in [0.3, 0.4) is 0 Å². The van der Waals surface area contributed by atoms with E-state index in [0.29, 0.717) is 5.41 Å². The minimum Gasteiger partial charge on any atom is -0.393 e. The standard InChI is InChI=1S/C10H23O2Si/c1-10(2,3)8-6-7-9(11)12-13(4)5/h9,11H,6-8H2,1-5H3. The molecule has 13 heavy (non-hydrogen) atoms. The fraction of sp³-hybridized carbons (Fsp3) is 1.00. The molecular weight excluding hydrogens is 180 g/mol. The SMILES string of the molecule is C[Si](C)OC(O)CCCC(C)(C)C. The van der Waals surface area contributed by atoms with Gasteiger partial charge in [0.1, 0.15) is 6.29 Å². The van der Waals surface area contributed by atoms with Crippen LogP contribution in [0.25, 0.3) is 0 Å². The normalized spacial score (nSPS) is 15.0. The van der Waals surface area contributed by atoms with E-state index in [1.54, 1.807) is 0 Å². The lowest BCUT2D eigenvalue weighted by atomic mass is 9.90. The second-order valence-corrected chi connectivity index (χ2v) is 6.99. The van der Waals surface area contributed by atoms with E-state index in [1.165, 1.54) is 0 Å². The highest BCUT2D eigenvalue weighted by Crippen LogP contribution is 2.22.